The fourth-order valence-electron chi connectivity index (χ4n) is 1.21. The van der Waals surface area contributed by atoms with Crippen molar-refractivity contribution in [3.05, 3.63) is 17.5 Å². The molecule has 1 atom stereocenters. The summed E-state index contributed by atoms with van der Waals surface area (Å²) in [6, 6.07) is 2.77. The molecule has 0 aliphatic heterocycles. The van der Waals surface area contributed by atoms with Gasteiger partial charge in [0, 0.05) is 0 Å². The van der Waals surface area contributed by atoms with E-state index in [0.29, 0.717) is 6.42 Å². The molecule has 1 aromatic heterocycles. The van der Waals surface area contributed by atoms with Crippen LogP contribution in [0.2, 0.25) is 0 Å². The molecule has 0 aliphatic rings. The van der Waals surface area contributed by atoms with E-state index in [9.17, 15) is 8.42 Å². The second-order valence-electron chi connectivity index (χ2n) is 3.30. The van der Waals surface area contributed by atoms with E-state index in [1.54, 1.807) is 17.5 Å². The Morgan fingerprint density at radius 1 is 1.69 bits per heavy atom. The van der Waals surface area contributed by atoms with Crippen LogP contribution in [0.3, 0.4) is 0 Å². The van der Waals surface area contributed by atoms with E-state index in [1.165, 1.54) is 11.3 Å². The predicted octanol–water partition coefficient (Wildman–Crippen LogP) is 1.48. The van der Waals surface area contributed by atoms with Crippen LogP contribution in [0.25, 0.3) is 0 Å². The van der Waals surface area contributed by atoms with Gasteiger partial charge in [-0.15, -0.1) is 11.3 Å². The maximum absolute atomic E-state index is 11.9. The highest BCUT2D eigenvalue weighted by atomic mass is 32.2. The van der Waals surface area contributed by atoms with Crippen LogP contribution in [0.5, 0.6) is 0 Å². The molecule has 1 unspecified atom stereocenters. The smallest absolute Gasteiger partial charge is 0.250 e. The van der Waals surface area contributed by atoms with Gasteiger partial charge in [0.25, 0.3) is 10.0 Å². The second-order valence-corrected chi connectivity index (χ2v) is 6.66. The number of thiophene rings is 1. The third-order valence-corrected chi connectivity index (χ3v) is 5.13. The van der Waals surface area contributed by atoms with Gasteiger partial charge in [0.15, 0.2) is 0 Å². The number of rotatable bonds is 6. The van der Waals surface area contributed by atoms with Crippen LogP contribution in [0, 0.1) is 0 Å². The zero-order valence-electron chi connectivity index (χ0n) is 8.84. The molecule has 7 heteroatoms. The number of hydrogen-bond acceptors (Lipinski definition) is 4. The maximum atomic E-state index is 11.9. The summed E-state index contributed by atoms with van der Waals surface area (Å²) < 4.78 is 26.5. The molecule has 4 nitrogen and oxygen atoms in total. The van der Waals surface area contributed by atoms with E-state index < -0.39 is 16.1 Å². The highest BCUT2D eigenvalue weighted by Crippen LogP contribution is 2.16. The molecule has 3 N–H and O–H groups in total. The fourth-order valence-corrected chi connectivity index (χ4v) is 3.72. The summed E-state index contributed by atoms with van der Waals surface area (Å²) in [6.07, 6.45) is 1.43. The first kappa shape index (κ1) is 13.6. The zero-order chi connectivity index (χ0) is 12.2. The van der Waals surface area contributed by atoms with Gasteiger partial charge in [-0.2, -0.15) is 0 Å². The summed E-state index contributed by atoms with van der Waals surface area (Å²) in [5.74, 6) is 0. The van der Waals surface area contributed by atoms with E-state index in [0.717, 1.165) is 6.42 Å². The fraction of sp³-hybridized carbons (Fsp3) is 0.444. The molecule has 1 aromatic rings. The maximum Gasteiger partial charge on any atom is 0.250 e. The Balaban J connectivity index is 2.82. The monoisotopic (exact) mass is 278 g/mol. The van der Waals surface area contributed by atoms with Gasteiger partial charge in [-0.3, -0.25) is 0 Å². The predicted molar refractivity (Wildman–Crippen MR) is 70.1 cm³/mol. The van der Waals surface area contributed by atoms with Crippen molar-refractivity contribution in [1.82, 2.24) is 4.72 Å². The first-order valence-electron chi connectivity index (χ1n) is 4.82. The number of sulfonamides is 1. The first-order chi connectivity index (χ1) is 7.47. The quantitative estimate of drug-likeness (QED) is 0.773. The van der Waals surface area contributed by atoms with Crippen molar-refractivity contribution in [2.75, 3.05) is 0 Å². The molecule has 90 valence electrons. The van der Waals surface area contributed by atoms with Gasteiger partial charge in [0.2, 0.25) is 0 Å². The van der Waals surface area contributed by atoms with Crippen LogP contribution < -0.4 is 10.5 Å². The molecule has 0 aliphatic carbocycles. The van der Waals surface area contributed by atoms with Crippen molar-refractivity contribution in [2.24, 2.45) is 5.73 Å². The molecule has 0 saturated carbocycles. The molecule has 0 fully saturated rings. The van der Waals surface area contributed by atoms with E-state index in [-0.39, 0.29) is 9.20 Å². The van der Waals surface area contributed by atoms with E-state index >= 15 is 0 Å². The number of nitrogens with one attached hydrogen (secondary N) is 1. The zero-order valence-corrected chi connectivity index (χ0v) is 11.3. The van der Waals surface area contributed by atoms with E-state index in [1.807, 2.05) is 6.92 Å². The van der Waals surface area contributed by atoms with Crippen molar-refractivity contribution < 1.29 is 8.42 Å². The highest BCUT2D eigenvalue weighted by Gasteiger charge is 2.21. The topological polar surface area (TPSA) is 72.2 Å². The number of thiocarbonyl (C=S) groups is 1. The lowest BCUT2D eigenvalue weighted by atomic mass is 10.2. The van der Waals surface area contributed by atoms with Crippen LogP contribution in [0.15, 0.2) is 21.7 Å². The normalized spacial score (nSPS) is 13.6. The van der Waals surface area contributed by atoms with Crippen LogP contribution in [-0.4, -0.2) is 19.4 Å². The van der Waals surface area contributed by atoms with Crippen LogP contribution >= 0.6 is 23.6 Å². The lowest BCUT2D eigenvalue weighted by molar-refractivity contribution is 0.569. The Labute approximate surface area is 105 Å². The summed E-state index contributed by atoms with van der Waals surface area (Å²) in [6.45, 7) is 1.95. The highest BCUT2D eigenvalue weighted by molar-refractivity contribution is 7.91. The van der Waals surface area contributed by atoms with Gasteiger partial charge in [-0.05, 0) is 17.9 Å². The lowest BCUT2D eigenvalue weighted by Gasteiger charge is -2.15. The van der Waals surface area contributed by atoms with Crippen molar-refractivity contribution in [3.63, 3.8) is 0 Å². The summed E-state index contributed by atoms with van der Waals surface area (Å²) in [7, 11) is -3.48. The Morgan fingerprint density at radius 2 is 2.38 bits per heavy atom. The van der Waals surface area contributed by atoms with E-state index in [4.69, 9.17) is 18.0 Å². The Kier molecular flexibility index (Phi) is 4.85. The molecule has 16 heavy (non-hydrogen) atoms. The van der Waals surface area contributed by atoms with Gasteiger partial charge in [0.05, 0.1) is 11.0 Å². The van der Waals surface area contributed by atoms with E-state index in [2.05, 4.69) is 4.72 Å². The summed E-state index contributed by atoms with van der Waals surface area (Å²) >= 11 is 6.00. The van der Waals surface area contributed by atoms with Gasteiger partial charge >= 0.3 is 0 Å². The van der Waals surface area contributed by atoms with Crippen molar-refractivity contribution in [2.45, 2.75) is 30.0 Å². The minimum Gasteiger partial charge on any atom is -0.392 e. The minimum absolute atomic E-state index is 0.182. The minimum atomic E-state index is -3.48. The summed E-state index contributed by atoms with van der Waals surface area (Å²) in [4.78, 5) is 0.182. The second kappa shape index (κ2) is 5.72. The molecular weight excluding hydrogens is 264 g/mol. The van der Waals surface area contributed by atoms with Crippen molar-refractivity contribution in [1.29, 1.82) is 0 Å². The third kappa shape index (κ3) is 3.51. The number of nitrogens with two attached hydrogens (primary N) is 1. The third-order valence-electron chi connectivity index (χ3n) is 1.98. The molecule has 0 saturated heterocycles. The average molecular weight is 278 g/mol. The van der Waals surface area contributed by atoms with Gasteiger partial charge < -0.3 is 5.73 Å². The van der Waals surface area contributed by atoms with Gasteiger partial charge in [-0.25, -0.2) is 13.1 Å². The van der Waals surface area contributed by atoms with Crippen molar-refractivity contribution >= 4 is 38.6 Å². The molecule has 0 spiro atoms. The summed E-state index contributed by atoms with van der Waals surface area (Å²) in [5, 5.41) is 1.71. The van der Waals surface area contributed by atoms with Gasteiger partial charge in [-0.1, -0.05) is 31.6 Å². The molecule has 0 radical (unpaired) electrons. The number of hydrogen-bond donors (Lipinski definition) is 2. The van der Waals surface area contributed by atoms with Gasteiger partial charge in [0.1, 0.15) is 4.21 Å². The standard InChI is InChI=1S/C9H14N2O2S3/c1-2-4-7(9(10)14)11-16(12,13)8-5-3-6-15-8/h3,5-7,11H,2,4H2,1H3,(H2,10,14). The summed E-state index contributed by atoms with van der Waals surface area (Å²) in [5.41, 5.74) is 5.49. The first-order valence-corrected chi connectivity index (χ1v) is 7.59. The Morgan fingerprint density at radius 3 is 2.81 bits per heavy atom. The molecule has 1 heterocycles. The SMILES string of the molecule is CCCC(NS(=O)(=O)c1cccs1)C(N)=S. The Hall–Kier alpha value is -0.500. The average Bonchev–Trinajstić information content (AvgIpc) is 2.69. The largest absolute Gasteiger partial charge is 0.392 e. The molecule has 0 bridgehead atoms. The van der Waals surface area contributed by atoms with Crippen LogP contribution in [0.4, 0.5) is 0 Å². The molecule has 0 amide bonds. The van der Waals surface area contributed by atoms with Crippen LogP contribution in [0.1, 0.15) is 19.8 Å². The van der Waals surface area contributed by atoms with Crippen LogP contribution in [-0.2, 0) is 10.0 Å². The van der Waals surface area contributed by atoms with Crippen molar-refractivity contribution in [3.8, 4) is 0 Å². The Bertz CT molecular complexity index is 439. The lowest BCUT2D eigenvalue weighted by Crippen LogP contribution is -2.43. The molecule has 0 aromatic carbocycles. The molecule has 1 rings (SSSR count). The molecular formula is C9H14N2O2S3.